The van der Waals surface area contributed by atoms with E-state index >= 15 is 0 Å². The van der Waals surface area contributed by atoms with Gasteiger partial charge in [0.2, 0.25) is 0 Å². The van der Waals surface area contributed by atoms with Crippen LogP contribution in [-0.4, -0.2) is 4.98 Å². The third kappa shape index (κ3) is 2.04. The molecule has 0 unspecified atom stereocenters. The van der Waals surface area contributed by atoms with Gasteiger partial charge in [-0.2, -0.15) is 5.26 Å². The van der Waals surface area contributed by atoms with Gasteiger partial charge < -0.3 is 0 Å². The van der Waals surface area contributed by atoms with Crippen molar-refractivity contribution in [2.45, 2.75) is 12.8 Å². The number of nitrogens with zero attached hydrogens (tertiary/aromatic N) is 2. The maximum atomic E-state index is 13.2. The third-order valence-corrected chi connectivity index (χ3v) is 2.11. The van der Waals surface area contributed by atoms with Crippen LogP contribution in [-0.2, 0) is 6.42 Å². The van der Waals surface area contributed by atoms with E-state index in [0.29, 0.717) is 0 Å². The molecule has 74 valence electrons. The summed E-state index contributed by atoms with van der Waals surface area (Å²) in [6.07, 6.45) is -2.24. The minimum absolute atomic E-state index is 0.130. The van der Waals surface area contributed by atoms with Crippen molar-refractivity contribution in [3.05, 3.63) is 27.7 Å². The van der Waals surface area contributed by atoms with Gasteiger partial charge in [0, 0.05) is 6.20 Å². The molecule has 0 saturated heterocycles. The first-order valence-corrected chi connectivity index (χ1v) is 4.35. The summed E-state index contributed by atoms with van der Waals surface area (Å²) in [6.45, 7) is 0. The Morgan fingerprint density at radius 2 is 2.21 bits per heavy atom. The second kappa shape index (κ2) is 4.42. The predicted octanol–water partition coefficient (Wildman–Crippen LogP) is 2.99. The first-order chi connectivity index (χ1) is 6.57. The van der Waals surface area contributed by atoms with Crippen LogP contribution in [0.3, 0.4) is 0 Å². The fraction of sp³-hybridized carbons (Fsp3) is 0.250. The Labute approximate surface area is 86.5 Å². The van der Waals surface area contributed by atoms with E-state index in [4.69, 9.17) is 5.26 Å². The Balaban J connectivity index is 3.31. The molecular formula is C8H4BrF3N2. The number of halogens is 4. The maximum Gasteiger partial charge on any atom is 0.268 e. The SMILES string of the molecule is N#CCc1ncc(Br)c(F)c1C(F)F. The van der Waals surface area contributed by atoms with E-state index in [-0.39, 0.29) is 16.6 Å². The highest BCUT2D eigenvalue weighted by molar-refractivity contribution is 9.10. The van der Waals surface area contributed by atoms with Gasteiger partial charge in [-0.25, -0.2) is 13.2 Å². The number of alkyl halides is 2. The van der Waals surface area contributed by atoms with Gasteiger partial charge >= 0.3 is 0 Å². The van der Waals surface area contributed by atoms with Crippen molar-refractivity contribution in [3.8, 4) is 6.07 Å². The average molecular weight is 265 g/mol. The van der Waals surface area contributed by atoms with Crippen molar-refractivity contribution in [2.24, 2.45) is 0 Å². The largest absolute Gasteiger partial charge is 0.268 e. The van der Waals surface area contributed by atoms with E-state index in [0.717, 1.165) is 6.20 Å². The number of hydrogen-bond donors (Lipinski definition) is 0. The van der Waals surface area contributed by atoms with Crippen LogP contribution < -0.4 is 0 Å². The second-order valence-electron chi connectivity index (χ2n) is 2.42. The molecule has 0 saturated carbocycles. The molecule has 1 rings (SSSR count). The monoisotopic (exact) mass is 264 g/mol. The van der Waals surface area contributed by atoms with Crippen LogP contribution in [0.5, 0.6) is 0 Å². The molecule has 0 aromatic carbocycles. The zero-order valence-electron chi connectivity index (χ0n) is 6.77. The number of rotatable bonds is 2. The number of nitriles is 1. The molecule has 1 aromatic rings. The van der Waals surface area contributed by atoms with E-state index in [1.54, 1.807) is 6.07 Å². The normalized spacial score (nSPS) is 10.3. The van der Waals surface area contributed by atoms with Gasteiger partial charge in [-0.3, -0.25) is 4.98 Å². The summed E-state index contributed by atoms with van der Waals surface area (Å²) in [6, 6.07) is 1.65. The molecule has 0 N–H and O–H groups in total. The molecule has 0 aliphatic carbocycles. The third-order valence-electron chi connectivity index (χ3n) is 1.56. The number of hydrogen-bond acceptors (Lipinski definition) is 2. The van der Waals surface area contributed by atoms with E-state index in [1.807, 2.05) is 0 Å². The molecule has 0 spiro atoms. The summed E-state index contributed by atoms with van der Waals surface area (Å²) in [4.78, 5) is 3.56. The van der Waals surface area contributed by atoms with Crippen molar-refractivity contribution in [3.63, 3.8) is 0 Å². The first-order valence-electron chi connectivity index (χ1n) is 3.55. The van der Waals surface area contributed by atoms with Gasteiger partial charge in [-0.05, 0) is 15.9 Å². The lowest BCUT2D eigenvalue weighted by Gasteiger charge is -2.07. The van der Waals surface area contributed by atoms with Crippen LogP contribution in [0.25, 0.3) is 0 Å². The lowest BCUT2D eigenvalue weighted by atomic mass is 10.1. The van der Waals surface area contributed by atoms with Crippen LogP contribution >= 0.6 is 15.9 Å². The van der Waals surface area contributed by atoms with Crippen LogP contribution in [0.15, 0.2) is 10.7 Å². The zero-order chi connectivity index (χ0) is 10.7. The Hall–Kier alpha value is -1.09. The Morgan fingerprint density at radius 1 is 1.57 bits per heavy atom. The number of aromatic nitrogens is 1. The van der Waals surface area contributed by atoms with Crippen LogP contribution in [0, 0.1) is 17.1 Å². The lowest BCUT2D eigenvalue weighted by molar-refractivity contribution is 0.144. The summed E-state index contributed by atoms with van der Waals surface area (Å²) in [5, 5.41) is 8.32. The van der Waals surface area contributed by atoms with Gasteiger partial charge in [-0.15, -0.1) is 0 Å². The van der Waals surface area contributed by atoms with Crippen LogP contribution in [0.1, 0.15) is 17.7 Å². The van der Waals surface area contributed by atoms with E-state index in [1.165, 1.54) is 0 Å². The first kappa shape index (κ1) is 11.0. The van der Waals surface area contributed by atoms with Crippen LogP contribution in [0.2, 0.25) is 0 Å². The van der Waals surface area contributed by atoms with Crippen molar-refractivity contribution >= 4 is 15.9 Å². The Kier molecular flexibility index (Phi) is 3.47. The van der Waals surface area contributed by atoms with Gasteiger partial charge in [0.15, 0.2) is 0 Å². The Bertz CT molecular complexity index is 387. The topological polar surface area (TPSA) is 36.7 Å². The Morgan fingerprint density at radius 3 is 2.71 bits per heavy atom. The summed E-state index contributed by atoms with van der Waals surface area (Å²) >= 11 is 2.75. The minimum atomic E-state index is -2.97. The molecule has 0 radical (unpaired) electrons. The molecule has 6 heteroatoms. The summed E-state index contributed by atoms with van der Waals surface area (Å²) in [7, 11) is 0. The predicted molar refractivity (Wildman–Crippen MR) is 46.2 cm³/mol. The van der Waals surface area contributed by atoms with Gasteiger partial charge in [-0.1, -0.05) is 0 Å². The molecule has 0 bridgehead atoms. The summed E-state index contributed by atoms with van der Waals surface area (Å²) in [5.41, 5.74) is -1.02. The molecule has 0 aliphatic heterocycles. The van der Waals surface area contributed by atoms with Crippen molar-refractivity contribution in [1.29, 1.82) is 5.26 Å². The standard InChI is InChI=1S/C8H4BrF3N2/c9-4-3-14-5(1-2-13)6(7(4)10)8(11)12/h3,8H,1H2. The highest BCUT2D eigenvalue weighted by Crippen LogP contribution is 2.29. The molecule has 14 heavy (non-hydrogen) atoms. The molecule has 0 atom stereocenters. The van der Waals surface area contributed by atoms with E-state index in [2.05, 4.69) is 20.9 Å². The average Bonchev–Trinajstić information content (AvgIpc) is 2.11. The molecule has 1 heterocycles. The summed E-state index contributed by atoms with van der Waals surface area (Å²) in [5.74, 6) is -1.06. The van der Waals surface area contributed by atoms with Crippen LogP contribution in [0.4, 0.5) is 13.2 Å². The second-order valence-corrected chi connectivity index (χ2v) is 3.27. The van der Waals surface area contributed by atoms with Crippen molar-refractivity contribution in [1.82, 2.24) is 4.98 Å². The molecule has 0 amide bonds. The molecular weight excluding hydrogens is 261 g/mol. The fourth-order valence-electron chi connectivity index (χ4n) is 0.954. The van der Waals surface area contributed by atoms with Gasteiger partial charge in [0.25, 0.3) is 6.43 Å². The molecule has 0 fully saturated rings. The van der Waals surface area contributed by atoms with Gasteiger partial charge in [0.1, 0.15) is 5.82 Å². The van der Waals surface area contributed by atoms with E-state index < -0.39 is 17.8 Å². The lowest BCUT2D eigenvalue weighted by Crippen LogP contribution is -2.02. The van der Waals surface area contributed by atoms with Crippen molar-refractivity contribution < 1.29 is 13.2 Å². The zero-order valence-corrected chi connectivity index (χ0v) is 8.35. The highest BCUT2D eigenvalue weighted by Gasteiger charge is 2.21. The maximum absolute atomic E-state index is 13.2. The van der Waals surface area contributed by atoms with E-state index in [9.17, 15) is 13.2 Å². The quantitative estimate of drug-likeness (QED) is 0.824. The molecule has 2 nitrogen and oxygen atoms in total. The molecule has 1 aromatic heterocycles. The van der Waals surface area contributed by atoms with Crippen molar-refractivity contribution in [2.75, 3.05) is 0 Å². The minimum Gasteiger partial charge on any atom is -0.258 e. The highest BCUT2D eigenvalue weighted by atomic mass is 79.9. The fourth-order valence-corrected chi connectivity index (χ4v) is 1.27. The summed E-state index contributed by atoms with van der Waals surface area (Å²) < 4.78 is 37.8. The van der Waals surface area contributed by atoms with Gasteiger partial charge in [0.05, 0.1) is 28.2 Å². The number of pyridine rings is 1. The molecule has 0 aliphatic rings. The smallest absolute Gasteiger partial charge is 0.258 e.